The first-order valence-electron chi connectivity index (χ1n) is 10.3. The number of amides is 2. The van der Waals surface area contributed by atoms with E-state index in [-0.39, 0.29) is 11.4 Å². The Balaban J connectivity index is 1.57. The molecule has 10 heteroatoms. The summed E-state index contributed by atoms with van der Waals surface area (Å²) in [4.78, 5) is 24.6. The van der Waals surface area contributed by atoms with Crippen LogP contribution in [-0.2, 0) is 26.2 Å². The smallest absolute Gasteiger partial charge is 0.313 e. The highest BCUT2D eigenvalue weighted by Crippen LogP contribution is 2.29. The molecule has 2 amide bonds. The molecule has 1 heterocycles. The first-order valence-corrected chi connectivity index (χ1v) is 11.7. The molecule has 172 valence electrons. The van der Waals surface area contributed by atoms with Crippen molar-refractivity contribution in [2.75, 3.05) is 32.6 Å². The van der Waals surface area contributed by atoms with E-state index in [1.54, 1.807) is 30.3 Å². The number of anilines is 1. The van der Waals surface area contributed by atoms with Crippen LogP contribution in [0.15, 0.2) is 47.4 Å². The van der Waals surface area contributed by atoms with E-state index in [1.165, 1.54) is 30.7 Å². The number of hydrogen-bond acceptors (Lipinski definition) is 6. The Morgan fingerprint density at radius 1 is 0.938 bits per heavy atom. The monoisotopic (exact) mass is 461 g/mol. The van der Waals surface area contributed by atoms with Gasteiger partial charge >= 0.3 is 11.8 Å². The second-order valence-electron chi connectivity index (χ2n) is 7.31. The van der Waals surface area contributed by atoms with E-state index in [4.69, 9.17) is 9.47 Å². The van der Waals surface area contributed by atoms with Gasteiger partial charge in [0, 0.05) is 25.7 Å². The number of sulfonamides is 1. The molecule has 0 spiro atoms. The van der Waals surface area contributed by atoms with Crippen molar-refractivity contribution in [3.05, 3.63) is 48.0 Å². The number of carbonyl (C=O) groups excluding carboxylic acids is 2. The zero-order chi connectivity index (χ0) is 23.1. The highest BCUT2D eigenvalue weighted by atomic mass is 32.2. The minimum atomic E-state index is -3.51. The third-order valence-corrected chi connectivity index (χ3v) is 7.11. The number of nitrogens with one attached hydrogen (secondary N) is 2. The van der Waals surface area contributed by atoms with Gasteiger partial charge in [-0.25, -0.2) is 8.42 Å². The maximum absolute atomic E-state index is 12.7. The molecule has 1 fully saturated rings. The highest BCUT2D eigenvalue weighted by Gasteiger charge is 2.25. The van der Waals surface area contributed by atoms with Gasteiger partial charge in [-0.05, 0) is 42.7 Å². The molecule has 0 saturated carbocycles. The first kappa shape index (κ1) is 23.6. The molecule has 0 aromatic heterocycles. The number of ether oxygens (including phenoxy) is 2. The zero-order valence-corrected chi connectivity index (χ0v) is 18.9. The van der Waals surface area contributed by atoms with Crippen LogP contribution in [0.3, 0.4) is 0 Å². The van der Waals surface area contributed by atoms with Gasteiger partial charge in [-0.15, -0.1) is 0 Å². The van der Waals surface area contributed by atoms with E-state index in [0.29, 0.717) is 35.8 Å². The van der Waals surface area contributed by atoms with E-state index in [1.807, 2.05) is 0 Å². The largest absolute Gasteiger partial charge is 0.497 e. The summed E-state index contributed by atoms with van der Waals surface area (Å²) >= 11 is 0. The number of benzene rings is 2. The molecule has 9 nitrogen and oxygen atoms in total. The third-order valence-electron chi connectivity index (χ3n) is 5.19. The number of rotatable bonds is 7. The predicted molar refractivity (Wildman–Crippen MR) is 119 cm³/mol. The average Bonchev–Trinajstić information content (AvgIpc) is 2.83. The van der Waals surface area contributed by atoms with Gasteiger partial charge in [0.25, 0.3) is 0 Å². The molecular weight excluding hydrogens is 434 g/mol. The fraction of sp³-hybridized carbons (Fsp3) is 0.364. The summed E-state index contributed by atoms with van der Waals surface area (Å²) in [6.45, 7) is 1.15. The van der Waals surface area contributed by atoms with Gasteiger partial charge in [0.1, 0.15) is 11.5 Å². The highest BCUT2D eigenvalue weighted by molar-refractivity contribution is 7.89. The van der Waals surface area contributed by atoms with Crippen LogP contribution in [0.4, 0.5) is 5.69 Å². The molecule has 0 bridgehead atoms. The quantitative estimate of drug-likeness (QED) is 0.611. The number of carbonyl (C=O) groups is 2. The van der Waals surface area contributed by atoms with Gasteiger partial charge in [0.05, 0.1) is 24.8 Å². The molecule has 1 saturated heterocycles. The Morgan fingerprint density at radius 2 is 1.62 bits per heavy atom. The molecule has 0 atom stereocenters. The average molecular weight is 462 g/mol. The summed E-state index contributed by atoms with van der Waals surface area (Å²) in [5.74, 6) is -0.767. The Labute approximate surface area is 187 Å². The lowest BCUT2D eigenvalue weighted by atomic mass is 10.2. The number of methoxy groups -OCH3 is 2. The number of hydrogen-bond donors (Lipinski definition) is 2. The molecule has 2 N–H and O–H groups in total. The van der Waals surface area contributed by atoms with Crippen LogP contribution in [0, 0.1) is 0 Å². The Morgan fingerprint density at radius 3 is 2.25 bits per heavy atom. The third kappa shape index (κ3) is 5.57. The molecule has 0 radical (unpaired) electrons. The molecule has 0 unspecified atom stereocenters. The lowest BCUT2D eigenvalue weighted by molar-refractivity contribution is -0.136. The van der Waals surface area contributed by atoms with Crippen molar-refractivity contribution in [2.24, 2.45) is 0 Å². The van der Waals surface area contributed by atoms with Crippen molar-refractivity contribution in [2.45, 2.75) is 30.7 Å². The lowest BCUT2D eigenvalue weighted by Crippen LogP contribution is -2.35. The molecule has 3 rings (SSSR count). The maximum Gasteiger partial charge on any atom is 0.313 e. The van der Waals surface area contributed by atoms with Crippen molar-refractivity contribution in [3.63, 3.8) is 0 Å². The summed E-state index contributed by atoms with van der Waals surface area (Å²) in [6.07, 6.45) is 2.78. The summed E-state index contributed by atoms with van der Waals surface area (Å²) in [5, 5.41) is 5.02. The van der Waals surface area contributed by atoms with E-state index in [9.17, 15) is 18.0 Å². The normalized spacial score (nSPS) is 14.4. The molecule has 2 aromatic rings. The van der Waals surface area contributed by atoms with E-state index in [2.05, 4.69) is 10.6 Å². The van der Waals surface area contributed by atoms with Gasteiger partial charge in [-0.2, -0.15) is 4.31 Å². The summed E-state index contributed by atoms with van der Waals surface area (Å²) in [5.41, 5.74) is 1.01. The summed E-state index contributed by atoms with van der Waals surface area (Å²) in [6, 6.07) is 11.1. The Bertz CT molecular complexity index is 1060. The van der Waals surface area contributed by atoms with Gasteiger partial charge in [0.15, 0.2) is 0 Å². The van der Waals surface area contributed by atoms with Crippen molar-refractivity contribution >= 4 is 27.5 Å². The first-order chi connectivity index (χ1) is 15.3. The van der Waals surface area contributed by atoms with Crippen LogP contribution in [0.5, 0.6) is 11.5 Å². The van der Waals surface area contributed by atoms with Crippen LogP contribution in [-0.4, -0.2) is 51.8 Å². The Hall–Kier alpha value is -3.11. The van der Waals surface area contributed by atoms with Crippen molar-refractivity contribution in [1.82, 2.24) is 9.62 Å². The molecule has 0 aliphatic carbocycles. The minimum Gasteiger partial charge on any atom is -0.497 e. The van der Waals surface area contributed by atoms with Crippen molar-refractivity contribution in [1.29, 1.82) is 0 Å². The molecule has 2 aromatic carbocycles. The predicted octanol–water partition coefficient (Wildman–Crippen LogP) is 2.13. The molecule has 1 aliphatic rings. The number of piperidine rings is 1. The summed E-state index contributed by atoms with van der Waals surface area (Å²) in [7, 11) is -0.555. The summed E-state index contributed by atoms with van der Waals surface area (Å²) < 4.78 is 37.2. The standard InChI is InChI=1S/C22H27N3O6S/c1-30-17-8-11-19(20(14-17)31-2)24-22(27)21(26)23-15-16-6-9-18(10-7-16)32(28,29)25-12-4-3-5-13-25/h6-11,14H,3-5,12-13,15H2,1-2H3,(H,23,26)(H,24,27). The van der Waals surface area contributed by atoms with Crippen LogP contribution in [0.2, 0.25) is 0 Å². The fourth-order valence-electron chi connectivity index (χ4n) is 3.38. The molecule has 32 heavy (non-hydrogen) atoms. The van der Waals surface area contributed by atoms with Crippen LogP contribution >= 0.6 is 0 Å². The van der Waals surface area contributed by atoms with E-state index < -0.39 is 21.8 Å². The SMILES string of the molecule is COc1ccc(NC(=O)C(=O)NCc2ccc(S(=O)(=O)N3CCCCC3)cc2)c(OC)c1. The second kappa shape index (κ2) is 10.5. The van der Waals surface area contributed by atoms with Crippen LogP contribution in [0.25, 0.3) is 0 Å². The Kier molecular flexibility index (Phi) is 7.70. The van der Waals surface area contributed by atoms with Crippen molar-refractivity contribution < 1.29 is 27.5 Å². The molecule has 1 aliphatic heterocycles. The van der Waals surface area contributed by atoms with Gasteiger partial charge < -0.3 is 20.1 Å². The van der Waals surface area contributed by atoms with Crippen LogP contribution in [0.1, 0.15) is 24.8 Å². The van der Waals surface area contributed by atoms with E-state index >= 15 is 0 Å². The lowest BCUT2D eigenvalue weighted by Gasteiger charge is -2.25. The number of nitrogens with zero attached hydrogens (tertiary/aromatic N) is 1. The van der Waals surface area contributed by atoms with Gasteiger partial charge in [-0.3, -0.25) is 9.59 Å². The van der Waals surface area contributed by atoms with Crippen LogP contribution < -0.4 is 20.1 Å². The minimum absolute atomic E-state index is 0.0794. The maximum atomic E-state index is 12.7. The fourth-order valence-corrected chi connectivity index (χ4v) is 4.89. The van der Waals surface area contributed by atoms with Crippen molar-refractivity contribution in [3.8, 4) is 11.5 Å². The zero-order valence-electron chi connectivity index (χ0n) is 18.1. The van der Waals surface area contributed by atoms with Gasteiger partial charge in [-0.1, -0.05) is 18.6 Å². The second-order valence-corrected chi connectivity index (χ2v) is 9.25. The molecular formula is C22H27N3O6S. The topological polar surface area (TPSA) is 114 Å². The van der Waals surface area contributed by atoms with E-state index in [0.717, 1.165) is 19.3 Å². The van der Waals surface area contributed by atoms with Gasteiger partial charge in [0.2, 0.25) is 10.0 Å².